The zero-order valence-electron chi connectivity index (χ0n) is 10.8. The number of carbonyl (C=O) groups is 1. The van der Waals surface area contributed by atoms with Crippen molar-refractivity contribution in [2.24, 2.45) is 17.6 Å². The number of carbonyl (C=O) groups excluding carboxylic acids is 1. The smallest absolute Gasteiger partial charge is 0.220 e. The molecule has 0 radical (unpaired) electrons. The summed E-state index contributed by atoms with van der Waals surface area (Å²) in [6.07, 6.45) is 1.57. The van der Waals surface area contributed by atoms with Gasteiger partial charge in [0.15, 0.2) is 0 Å². The van der Waals surface area contributed by atoms with Crippen LogP contribution in [-0.2, 0) is 4.79 Å². The van der Waals surface area contributed by atoms with Crippen molar-refractivity contribution in [2.45, 2.75) is 53.0 Å². The Kier molecular flexibility index (Phi) is 5.88. The van der Waals surface area contributed by atoms with Gasteiger partial charge in [-0.3, -0.25) is 4.79 Å². The molecule has 0 aromatic carbocycles. The Morgan fingerprint density at radius 3 is 2.20 bits per heavy atom. The van der Waals surface area contributed by atoms with Crippen LogP contribution in [0.2, 0.25) is 0 Å². The molecular formula is C12H26N2O. The lowest BCUT2D eigenvalue weighted by Crippen LogP contribution is -2.41. The third kappa shape index (κ3) is 8.43. The fraction of sp³-hybridized carbons (Fsp3) is 0.917. The van der Waals surface area contributed by atoms with E-state index < -0.39 is 0 Å². The SMILES string of the molecule is CC(C)CC(CN)CC(=O)NC(C)(C)C. The molecule has 0 rings (SSSR count). The number of amides is 1. The van der Waals surface area contributed by atoms with Gasteiger partial charge < -0.3 is 11.1 Å². The second-order valence-corrected chi connectivity index (χ2v) is 5.73. The van der Waals surface area contributed by atoms with Crippen LogP contribution in [0.15, 0.2) is 0 Å². The van der Waals surface area contributed by atoms with Gasteiger partial charge >= 0.3 is 0 Å². The van der Waals surface area contributed by atoms with Gasteiger partial charge in [0.05, 0.1) is 0 Å². The van der Waals surface area contributed by atoms with E-state index in [4.69, 9.17) is 5.73 Å². The van der Waals surface area contributed by atoms with Crippen LogP contribution in [0.3, 0.4) is 0 Å². The maximum Gasteiger partial charge on any atom is 0.220 e. The van der Waals surface area contributed by atoms with Crippen LogP contribution in [0.1, 0.15) is 47.5 Å². The van der Waals surface area contributed by atoms with Gasteiger partial charge in [-0.05, 0) is 45.6 Å². The molecule has 0 saturated carbocycles. The first kappa shape index (κ1) is 14.4. The van der Waals surface area contributed by atoms with Gasteiger partial charge in [0.25, 0.3) is 0 Å². The molecule has 0 aromatic heterocycles. The predicted octanol–water partition coefficient (Wildman–Crippen LogP) is 1.91. The van der Waals surface area contributed by atoms with E-state index in [0.717, 1.165) is 6.42 Å². The minimum absolute atomic E-state index is 0.110. The first-order valence-corrected chi connectivity index (χ1v) is 5.75. The topological polar surface area (TPSA) is 55.1 Å². The average molecular weight is 214 g/mol. The molecule has 0 aliphatic heterocycles. The fourth-order valence-corrected chi connectivity index (χ4v) is 1.66. The zero-order chi connectivity index (χ0) is 12.1. The van der Waals surface area contributed by atoms with Crippen LogP contribution in [0, 0.1) is 11.8 Å². The molecule has 0 aliphatic rings. The van der Waals surface area contributed by atoms with Crippen molar-refractivity contribution in [1.82, 2.24) is 5.32 Å². The molecule has 0 saturated heterocycles. The Bertz CT molecular complexity index is 194. The third-order valence-corrected chi connectivity index (χ3v) is 2.13. The lowest BCUT2D eigenvalue weighted by molar-refractivity contribution is -0.123. The lowest BCUT2D eigenvalue weighted by atomic mass is 9.93. The van der Waals surface area contributed by atoms with Crippen LogP contribution in [0.5, 0.6) is 0 Å². The van der Waals surface area contributed by atoms with Gasteiger partial charge in [-0.15, -0.1) is 0 Å². The summed E-state index contributed by atoms with van der Waals surface area (Å²) < 4.78 is 0. The molecule has 0 fully saturated rings. The van der Waals surface area contributed by atoms with Crippen LogP contribution < -0.4 is 11.1 Å². The number of nitrogens with two attached hydrogens (primary N) is 1. The average Bonchev–Trinajstić information content (AvgIpc) is 1.98. The first-order valence-electron chi connectivity index (χ1n) is 5.75. The van der Waals surface area contributed by atoms with Gasteiger partial charge in [0.2, 0.25) is 5.91 Å². The molecular weight excluding hydrogens is 188 g/mol. The quantitative estimate of drug-likeness (QED) is 0.734. The Morgan fingerprint density at radius 2 is 1.87 bits per heavy atom. The molecule has 0 heterocycles. The van der Waals surface area contributed by atoms with E-state index in [2.05, 4.69) is 19.2 Å². The predicted molar refractivity (Wildman–Crippen MR) is 64.5 cm³/mol. The molecule has 90 valence electrons. The summed E-state index contributed by atoms with van der Waals surface area (Å²) in [6.45, 7) is 10.9. The summed E-state index contributed by atoms with van der Waals surface area (Å²) in [6, 6.07) is 0. The largest absolute Gasteiger partial charge is 0.352 e. The molecule has 3 N–H and O–H groups in total. The van der Waals surface area contributed by atoms with Crippen molar-refractivity contribution in [2.75, 3.05) is 6.54 Å². The van der Waals surface area contributed by atoms with Gasteiger partial charge in [-0.25, -0.2) is 0 Å². The van der Waals surface area contributed by atoms with Crippen molar-refractivity contribution in [3.8, 4) is 0 Å². The van der Waals surface area contributed by atoms with Crippen LogP contribution in [0.4, 0.5) is 0 Å². The molecule has 15 heavy (non-hydrogen) atoms. The Morgan fingerprint density at radius 1 is 1.33 bits per heavy atom. The monoisotopic (exact) mass is 214 g/mol. The van der Waals surface area contributed by atoms with E-state index in [1.165, 1.54) is 0 Å². The van der Waals surface area contributed by atoms with Crippen molar-refractivity contribution in [3.05, 3.63) is 0 Å². The minimum Gasteiger partial charge on any atom is -0.352 e. The number of hydrogen-bond donors (Lipinski definition) is 2. The lowest BCUT2D eigenvalue weighted by Gasteiger charge is -2.23. The Labute approximate surface area is 93.8 Å². The molecule has 0 aliphatic carbocycles. The van der Waals surface area contributed by atoms with Crippen molar-refractivity contribution >= 4 is 5.91 Å². The molecule has 3 nitrogen and oxygen atoms in total. The van der Waals surface area contributed by atoms with E-state index in [-0.39, 0.29) is 11.4 Å². The van der Waals surface area contributed by atoms with Crippen molar-refractivity contribution in [3.63, 3.8) is 0 Å². The van der Waals surface area contributed by atoms with Crippen molar-refractivity contribution < 1.29 is 4.79 Å². The molecule has 3 heteroatoms. The second-order valence-electron chi connectivity index (χ2n) is 5.73. The van der Waals surface area contributed by atoms with E-state index in [0.29, 0.717) is 24.8 Å². The van der Waals surface area contributed by atoms with Gasteiger partial charge in [-0.1, -0.05) is 13.8 Å². The summed E-state index contributed by atoms with van der Waals surface area (Å²) in [5.74, 6) is 1.02. The number of hydrogen-bond acceptors (Lipinski definition) is 2. The maximum atomic E-state index is 11.6. The molecule has 1 atom stereocenters. The summed E-state index contributed by atoms with van der Waals surface area (Å²) in [5.41, 5.74) is 5.51. The summed E-state index contributed by atoms with van der Waals surface area (Å²) >= 11 is 0. The summed E-state index contributed by atoms with van der Waals surface area (Å²) in [4.78, 5) is 11.6. The van der Waals surface area contributed by atoms with Crippen LogP contribution in [0.25, 0.3) is 0 Å². The standard InChI is InChI=1S/C12H26N2O/c1-9(2)6-10(8-13)7-11(15)14-12(3,4)5/h9-10H,6-8,13H2,1-5H3,(H,14,15). The fourth-order valence-electron chi connectivity index (χ4n) is 1.66. The molecule has 1 unspecified atom stereocenters. The van der Waals surface area contributed by atoms with Crippen molar-refractivity contribution in [1.29, 1.82) is 0 Å². The van der Waals surface area contributed by atoms with E-state index in [1.54, 1.807) is 0 Å². The first-order chi connectivity index (χ1) is 6.74. The van der Waals surface area contributed by atoms with Gasteiger partial charge in [-0.2, -0.15) is 0 Å². The van der Waals surface area contributed by atoms with Gasteiger partial charge in [0, 0.05) is 12.0 Å². The molecule has 0 bridgehead atoms. The second kappa shape index (κ2) is 6.11. The number of nitrogens with one attached hydrogen (secondary N) is 1. The molecule has 1 amide bonds. The normalized spacial score (nSPS) is 14.1. The van der Waals surface area contributed by atoms with Crippen LogP contribution in [-0.4, -0.2) is 18.0 Å². The van der Waals surface area contributed by atoms with E-state index in [1.807, 2.05) is 20.8 Å². The summed E-state index contributed by atoms with van der Waals surface area (Å²) in [7, 11) is 0. The minimum atomic E-state index is -0.145. The maximum absolute atomic E-state index is 11.6. The third-order valence-electron chi connectivity index (χ3n) is 2.13. The van der Waals surface area contributed by atoms with Gasteiger partial charge in [0.1, 0.15) is 0 Å². The highest BCUT2D eigenvalue weighted by atomic mass is 16.1. The highest BCUT2D eigenvalue weighted by molar-refractivity contribution is 5.76. The Hall–Kier alpha value is -0.570. The molecule has 0 spiro atoms. The Balaban J connectivity index is 4.02. The van der Waals surface area contributed by atoms with E-state index >= 15 is 0 Å². The van der Waals surface area contributed by atoms with Crippen LogP contribution >= 0.6 is 0 Å². The molecule has 0 aromatic rings. The zero-order valence-corrected chi connectivity index (χ0v) is 10.8. The summed E-state index contributed by atoms with van der Waals surface area (Å²) in [5, 5.41) is 2.96. The van der Waals surface area contributed by atoms with E-state index in [9.17, 15) is 4.79 Å². The highest BCUT2D eigenvalue weighted by Crippen LogP contribution is 2.14. The highest BCUT2D eigenvalue weighted by Gasteiger charge is 2.18. The number of rotatable bonds is 5.